The predicted octanol–water partition coefficient (Wildman–Crippen LogP) is 1.97. The minimum absolute atomic E-state index is 0.144. The van der Waals surface area contributed by atoms with Crippen molar-refractivity contribution in [3.05, 3.63) is 28.3 Å². The van der Waals surface area contributed by atoms with Crippen LogP contribution in [0.4, 0.5) is 0 Å². The lowest BCUT2D eigenvalue weighted by Crippen LogP contribution is -1.98. The van der Waals surface area contributed by atoms with E-state index in [9.17, 15) is 4.79 Å². The molecule has 0 aliphatic carbocycles. The van der Waals surface area contributed by atoms with Gasteiger partial charge in [0.1, 0.15) is 5.75 Å². The summed E-state index contributed by atoms with van der Waals surface area (Å²) < 4.78 is 5.24. The molecule has 0 bridgehead atoms. The maximum absolute atomic E-state index is 10.7. The number of ether oxygens (including phenoxy) is 1. The fourth-order valence-electron chi connectivity index (χ4n) is 1.40. The molecular weight excluding hydrogens is 192 g/mol. The number of fused-ring (bicyclic) bond motifs is 1. The second-order valence-electron chi connectivity index (χ2n) is 2.81. The van der Waals surface area contributed by atoms with E-state index < -0.39 is 5.97 Å². The van der Waals surface area contributed by atoms with Crippen molar-refractivity contribution in [2.45, 2.75) is 6.42 Å². The molecule has 0 atom stereocenters. The van der Waals surface area contributed by atoms with Gasteiger partial charge in [0, 0.05) is 12.0 Å². The first-order valence-corrected chi connectivity index (χ1v) is 4.25. The zero-order valence-corrected chi connectivity index (χ0v) is 7.47. The quantitative estimate of drug-likeness (QED) is 0.751. The van der Waals surface area contributed by atoms with Gasteiger partial charge in [0.25, 0.3) is 0 Å². The Bertz CT molecular complexity index is 373. The first kappa shape index (κ1) is 8.38. The van der Waals surface area contributed by atoms with E-state index in [1.807, 2.05) is 0 Å². The van der Waals surface area contributed by atoms with Crippen molar-refractivity contribution >= 4 is 17.6 Å². The second-order valence-corrected chi connectivity index (χ2v) is 3.19. The molecule has 4 heteroatoms. The Morgan fingerprint density at radius 2 is 2.31 bits per heavy atom. The summed E-state index contributed by atoms with van der Waals surface area (Å²) in [5.74, 6) is -0.297. The average Bonchev–Trinajstić information content (AvgIpc) is 2.52. The molecule has 0 spiro atoms. The van der Waals surface area contributed by atoms with Gasteiger partial charge in [0.05, 0.1) is 17.2 Å². The molecular formula is C9H7ClO3. The Hall–Kier alpha value is -1.22. The van der Waals surface area contributed by atoms with Gasteiger partial charge in [-0.3, -0.25) is 0 Å². The van der Waals surface area contributed by atoms with Crippen molar-refractivity contribution in [3.8, 4) is 5.75 Å². The Morgan fingerprint density at radius 1 is 1.54 bits per heavy atom. The van der Waals surface area contributed by atoms with E-state index in [4.69, 9.17) is 21.4 Å². The van der Waals surface area contributed by atoms with Gasteiger partial charge in [0.15, 0.2) is 0 Å². The van der Waals surface area contributed by atoms with E-state index in [0.717, 1.165) is 5.56 Å². The van der Waals surface area contributed by atoms with Gasteiger partial charge < -0.3 is 9.84 Å². The molecule has 68 valence electrons. The fourth-order valence-corrected chi connectivity index (χ4v) is 1.73. The molecule has 0 aromatic heterocycles. The molecule has 1 aliphatic rings. The third kappa shape index (κ3) is 1.25. The summed E-state index contributed by atoms with van der Waals surface area (Å²) >= 11 is 5.89. The molecule has 1 aliphatic heterocycles. The summed E-state index contributed by atoms with van der Waals surface area (Å²) in [5, 5.41) is 9.08. The van der Waals surface area contributed by atoms with Gasteiger partial charge in [-0.15, -0.1) is 0 Å². The lowest BCUT2D eigenvalue weighted by Gasteiger charge is -2.03. The van der Waals surface area contributed by atoms with Gasteiger partial charge in [-0.05, 0) is 12.1 Å². The van der Waals surface area contributed by atoms with Crippen molar-refractivity contribution < 1.29 is 14.6 Å². The van der Waals surface area contributed by atoms with Crippen LogP contribution < -0.4 is 4.74 Å². The highest BCUT2D eigenvalue weighted by Crippen LogP contribution is 2.33. The molecule has 2 rings (SSSR count). The molecule has 0 saturated heterocycles. The maximum atomic E-state index is 10.7. The van der Waals surface area contributed by atoms with Crippen molar-refractivity contribution in [3.63, 3.8) is 0 Å². The first-order chi connectivity index (χ1) is 6.20. The number of carbonyl (C=O) groups is 1. The number of carboxylic acids is 1. The molecule has 13 heavy (non-hydrogen) atoms. The van der Waals surface area contributed by atoms with Gasteiger partial charge >= 0.3 is 5.97 Å². The summed E-state index contributed by atoms with van der Waals surface area (Å²) in [6.45, 7) is 0.581. The van der Waals surface area contributed by atoms with Crippen LogP contribution in [0.15, 0.2) is 12.1 Å². The van der Waals surface area contributed by atoms with E-state index in [-0.39, 0.29) is 5.56 Å². The van der Waals surface area contributed by atoms with Gasteiger partial charge in [-0.2, -0.15) is 0 Å². The number of hydrogen-bond acceptors (Lipinski definition) is 2. The lowest BCUT2D eigenvalue weighted by atomic mass is 10.1. The van der Waals surface area contributed by atoms with Crippen LogP contribution in [0.25, 0.3) is 0 Å². The monoisotopic (exact) mass is 198 g/mol. The van der Waals surface area contributed by atoms with Crippen LogP contribution in [-0.4, -0.2) is 17.7 Å². The number of carboxylic acid groups (broad SMARTS) is 1. The van der Waals surface area contributed by atoms with Gasteiger partial charge in [-0.1, -0.05) is 11.6 Å². The van der Waals surface area contributed by atoms with Crippen LogP contribution in [-0.2, 0) is 6.42 Å². The van der Waals surface area contributed by atoms with Crippen molar-refractivity contribution in [2.75, 3.05) is 6.61 Å². The molecule has 0 saturated carbocycles. The molecule has 1 aromatic carbocycles. The SMILES string of the molecule is O=C(O)c1ccc2c(c1Cl)CCO2. The topological polar surface area (TPSA) is 46.5 Å². The highest BCUT2D eigenvalue weighted by atomic mass is 35.5. The van der Waals surface area contributed by atoms with Gasteiger partial charge in [-0.25, -0.2) is 4.79 Å². The van der Waals surface area contributed by atoms with Crippen LogP contribution in [0.5, 0.6) is 5.75 Å². The van der Waals surface area contributed by atoms with Crippen LogP contribution in [0.3, 0.4) is 0 Å². The van der Waals surface area contributed by atoms with Crippen LogP contribution in [0.2, 0.25) is 5.02 Å². The van der Waals surface area contributed by atoms with Gasteiger partial charge in [0.2, 0.25) is 0 Å². The predicted molar refractivity (Wildman–Crippen MR) is 47.6 cm³/mol. The smallest absolute Gasteiger partial charge is 0.337 e. The molecule has 0 fully saturated rings. The Balaban J connectivity index is 2.59. The molecule has 1 N–H and O–H groups in total. The minimum Gasteiger partial charge on any atom is -0.493 e. The number of rotatable bonds is 1. The Labute approximate surface area is 79.9 Å². The lowest BCUT2D eigenvalue weighted by molar-refractivity contribution is 0.0697. The highest BCUT2D eigenvalue weighted by Gasteiger charge is 2.20. The van der Waals surface area contributed by atoms with Crippen molar-refractivity contribution in [2.24, 2.45) is 0 Å². The van der Waals surface area contributed by atoms with E-state index >= 15 is 0 Å². The maximum Gasteiger partial charge on any atom is 0.337 e. The zero-order valence-electron chi connectivity index (χ0n) is 6.71. The standard InChI is InChI=1S/C9H7ClO3/c10-8-5-3-4-13-7(5)2-1-6(8)9(11)12/h1-2H,3-4H2,(H,11,12). The molecule has 0 amide bonds. The van der Waals surface area contributed by atoms with Crippen LogP contribution in [0, 0.1) is 0 Å². The Kier molecular flexibility index (Phi) is 1.88. The van der Waals surface area contributed by atoms with Crippen LogP contribution >= 0.6 is 11.6 Å². The third-order valence-electron chi connectivity index (χ3n) is 2.04. The highest BCUT2D eigenvalue weighted by molar-refractivity contribution is 6.34. The fraction of sp³-hybridized carbons (Fsp3) is 0.222. The Morgan fingerprint density at radius 3 is 3.00 bits per heavy atom. The molecule has 1 aromatic rings. The number of halogens is 1. The summed E-state index contributed by atoms with van der Waals surface area (Å²) in [4.78, 5) is 10.7. The normalized spacial score (nSPS) is 13.6. The molecule has 0 radical (unpaired) electrons. The van der Waals surface area contributed by atoms with Crippen LogP contribution in [0.1, 0.15) is 15.9 Å². The number of aromatic carboxylic acids is 1. The largest absolute Gasteiger partial charge is 0.493 e. The van der Waals surface area contributed by atoms with Crippen molar-refractivity contribution in [1.29, 1.82) is 0 Å². The number of hydrogen-bond donors (Lipinski definition) is 1. The van der Waals surface area contributed by atoms with E-state index in [1.54, 1.807) is 6.07 Å². The van der Waals surface area contributed by atoms with E-state index in [1.165, 1.54) is 6.07 Å². The second kappa shape index (κ2) is 2.92. The van der Waals surface area contributed by atoms with Crippen molar-refractivity contribution in [1.82, 2.24) is 0 Å². The first-order valence-electron chi connectivity index (χ1n) is 3.87. The molecule has 0 unspecified atom stereocenters. The zero-order chi connectivity index (χ0) is 9.42. The summed E-state index contributed by atoms with van der Waals surface area (Å²) in [7, 11) is 0. The number of benzene rings is 1. The molecule has 1 heterocycles. The third-order valence-corrected chi connectivity index (χ3v) is 2.47. The van der Waals surface area contributed by atoms with E-state index in [2.05, 4.69) is 0 Å². The minimum atomic E-state index is -1.00. The van der Waals surface area contributed by atoms with E-state index in [0.29, 0.717) is 23.8 Å². The summed E-state index contributed by atoms with van der Waals surface area (Å²) in [6.07, 6.45) is 0.690. The summed E-state index contributed by atoms with van der Waals surface area (Å²) in [5.41, 5.74) is 0.951. The molecule has 3 nitrogen and oxygen atoms in total. The average molecular weight is 199 g/mol. The summed E-state index contributed by atoms with van der Waals surface area (Å²) in [6, 6.07) is 3.12.